The van der Waals surface area contributed by atoms with Crippen molar-refractivity contribution in [1.82, 2.24) is 15.2 Å². The van der Waals surface area contributed by atoms with Gasteiger partial charge < -0.3 is 15.3 Å². The maximum atomic E-state index is 11.8. The second-order valence-electron chi connectivity index (χ2n) is 4.24. The van der Waals surface area contributed by atoms with E-state index >= 15 is 0 Å². The Balaban J connectivity index is 2.42. The summed E-state index contributed by atoms with van der Waals surface area (Å²) in [6.07, 6.45) is 2.69. The number of nitrogens with one attached hydrogen (secondary N) is 1. The van der Waals surface area contributed by atoms with Gasteiger partial charge >= 0.3 is 12.0 Å². The molecule has 0 aliphatic carbocycles. The third kappa shape index (κ3) is 4.95. The molecule has 1 rings (SSSR count). The Hall–Kier alpha value is -2.11. The molecule has 0 fully saturated rings. The van der Waals surface area contributed by atoms with Crippen molar-refractivity contribution in [2.24, 2.45) is 0 Å². The number of pyridine rings is 1. The van der Waals surface area contributed by atoms with Crippen molar-refractivity contribution in [3.8, 4) is 0 Å². The Labute approximate surface area is 112 Å². The highest BCUT2D eigenvalue weighted by Crippen LogP contribution is 1.98. The van der Waals surface area contributed by atoms with Crippen molar-refractivity contribution >= 4 is 12.0 Å². The molecule has 1 aromatic rings. The number of aliphatic carboxylic acids is 1. The smallest absolute Gasteiger partial charge is 0.326 e. The molecule has 0 radical (unpaired) electrons. The normalized spacial score (nSPS) is 11.7. The van der Waals surface area contributed by atoms with E-state index in [4.69, 9.17) is 5.11 Å². The number of rotatable bonds is 6. The topological polar surface area (TPSA) is 82.5 Å². The van der Waals surface area contributed by atoms with Gasteiger partial charge in [-0.2, -0.15) is 0 Å². The lowest BCUT2D eigenvalue weighted by atomic mass is 10.2. The number of carbonyl (C=O) groups excluding carboxylic acids is 1. The van der Waals surface area contributed by atoms with Gasteiger partial charge in [-0.25, -0.2) is 9.59 Å². The molecule has 1 unspecified atom stereocenters. The Morgan fingerprint density at radius 2 is 2.21 bits per heavy atom. The number of hydrogen-bond acceptors (Lipinski definition) is 3. The van der Waals surface area contributed by atoms with Gasteiger partial charge in [0.2, 0.25) is 0 Å². The molecule has 1 atom stereocenters. The van der Waals surface area contributed by atoms with Crippen LogP contribution in [-0.2, 0) is 11.2 Å². The van der Waals surface area contributed by atoms with Crippen LogP contribution >= 0.6 is 0 Å². The molecule has 0 aromatic carbocycles. The molecule has 0 bridgehead atoms. The van der Waals surface area contributed by atoms with E-state index < -0.39 is 12.0 Å². The molecule has 19 heavy (non-hydrogen) atoms. The third-order valence-electron chi connectivity index (χ3n) is 2.78. The van der Waals surface area contributed by atoms with Gasteiger partial charge in [-0.3, -0.25) is 4.98 Å². The van der Waals surface area contributed by atoms with E-state index in [-0.39, 0.29) is 6.03 Å². The minimum absolute atomic E-state index is 0.356. The first-order valence-corrected chi connectivity index (χ1v) is 6.19. The Morgan fingerprint density at radius 1 is 1.47 bits per heavy atom. The number of amides is 2. The summed E-state index contributed by atoms with van der Waals surface area (Å²) in [4.78, 5) is 28.2. The van der Waals surface area contributed by atoms with Crippen LogP contribution in [0, 0.1) is 0 Å². The number of hydrogen-bond donors (Lipinski definition) is 2. The molecule has 1 aromatic heterocycles. The van der Waals surface area contributed by atoms with Crippen LogP contribution in [0.15, 0.2) is 24.4 Å². The standard InChI is InChI=1S/C13H19N3O3/c1-3-11(12(17)18)15-13(19)16(2)9-7-10-6-4-5-8-14-10/h4-6,8,11H,3,7,9H2,1-2H3,(H,15,19)(H,17,18). The first kappa shape index (κ1) is 14.9. The summed E-state index contributed by atoms with van der Waals surface area (Å²) in [5.74, 6) is -1.02. The molecule has 1 heterocycles. The van der Waals surface area contributed by atoms with Crippen molar-refractivity contribution in [3.05, 3.63) is 30.1 Å². The van der Waals surface area contributed by atoms with Gasteiger partial charge in [0.15, 0.2) is 0 Å². The van der Waals surface area contributed by atoms with Gasteiger partial charge in [-0.05, 0) is 18.6 Å². The molecule has 104 valence electrons. The SMILES string of the molecule is CCC(NC(=O)N(C)CCc1ccccn1)C(=O)O. The van der Waals surface area contributed by atoms with Crippen molar-refractivity contribution in [3.63, 3.8) is 0 Å². The van der Waals surface area contributed by atoms with Crippen molar-refractivity contribution in [1.29, 1.82) is 0 Å². The second-order valence-corrected chi connectivity index (χ2v) is 4.24. The van der Waals surface area contributed by atoms with E-state index in [9.17, 15) is 9.59 Å². The lowest BCUT2D eigenvalue weighted by Crippen LogP contribution is -2.46. The van der Waals surface area contributed by atoms with Gasteiger partial charge in [-0.1, -0.05) is 13.0 Å². The summed E-state index contributed by atoms with van der Waals surface area (Å²) in [6, 6.07) is 4.38. The number of nitrogens with zero attached hydrogens (tertiary/aromatic N) is 2. The van der Waals surface area contributed by atoms with Gasteiger partial charge in [0.1, 0.15) is 6.04 Å². The fourth-order valence-electron chi connectivity index (χ4n) is 1.53. The van der Waals surface area contributed by atoms with E-state index in [1.54, 1.807) is 20.2 Å². The molecule has 6 nitrogen and oxygen atoms in total. The van der Waals surface area contributed by atoms with E-state index in [1.807, 2.05) is 18.2 Å². The lowest BCUT2D eigenvalue weighted by Gasteiger charge is -2.20. The third-order valence-corrected chi connectivity index (χ3v) is 2.78. The average Bonchev–Trinajstić information content (AvgIpc) is 2.42. The maximum Gasteiger partial charge on any atom is 0.326 e. The summed E-state index contributed by atoms with van der Waals surface area (Å²) in [5.41, 5.74) is 0.896. The molecule has 0 saturated carbocycles. The number of carbonyl (C=O) groups is 2. The van der Waals surface area contributed by atoms with E-state index in [0.717, 1.165) is 5.69 Å². The zero-order valence-corrected chi connectivity index (χ0v) is 11.2. The molecule has 0 aliphatic heterocycles. The molecular formula is C13H19N3O3. The molecule has 0 aliphatic rings. The van der Waals surface area contributed by atoms with E-state index in [2.05, 4.69) is 10.3 Å². The van der Waals surface area contributed by atoms with E-state index in [1.165, 1.54) is 4.90 Å². The zero-order chi connectivity index (χ0) is 14.3. The molecule has 0 saturated heterocycles. The van der Waals surface area contributed by atoms with Crippen LogP contribution < -0.4 is 5.32 Å². The lowest BCUT2D eigenvalue weighted by molar-refractivity contribution is -0.139. The quantitative estimate of drug-likeness (QED) is 0.807. The predicted molar refractivity (Wildman–Crippen MR) is 70.8 cm³/mol. The first-order chi connectivity index (χ1) is 9.04. The van der Waals surface area contributed by atoms with Crippen LogP contribution in [0.4, 0.5) is 4.79 Å². The molecular weight excluding hydrogens is 246 g/mol. The van der Waals surface area contributed by atoms with Crippen molar-refractivity contribution in [2.75, 3.05) is 13.6 Å². The summed E-state index contributed by atoms with van der Waals surface area (Å²) in [6.45, 7) is 2.20. The molecule has 2 N–H and O–H groups in total. The van der Waals surface area contributed by atoms with Crippen LogP contribution in [0.1, 0.15) is 19.0 Å². The Bertz CT molecular complexity index is 422. The Morgan fingerprint density at radius 3 is 2.74 bits per heavy atom. The minimum atomic E-state index is -1.02. The predicted octanol–water partition coefficient (Wildman–Crippen LogP) is 1.13. The number of carboxylic acids is 1. The highest BCUT2D eigenvalue weighted by molar-refractivity contribution is 5.82. The van der Waals surface area contributed by atoms with Crippen LogP contribution in [-0.4, -0.2) is 46.6 Å². The van der Waals surface area contributed by atoms with Crippen molar-refractivity contribution < 1.29 is 14.7 Å². The number of carboxylic acid groups (broad SMARTS) is 1. The highest BCUT2D eigenvalue weighted by Gasteiger charge is 2.19. The van der Waals surface area contributed by atoms with Crippen LogP contribution in [0.3, 0.4) is 0 Å². The number of aromatic nitrogens is 1. The monoisotopic (exact) mass is 265 g/mol. The van der Waals surface area contributed by atoms with Crippen LogP contribution in [0.2, 0.25) is 0 Å². The van der Waals surface area contributed by atoms with Gasteiger partial charge in [-0.15, -0.1) is 0 Å². The molecule has 0 spiro atoms. The summed E-state index contributed by atoms with van der Waals surface area (Å²) < 4.78 is 0. The van der Waals surface area contributed by atoms with Crippen LogP contribution in [0.5, 0.6) is 0 Å². The van der Waals surface area contributed by atoms with Gasteiger partial charge in [0, 0.05) is 31.9 Å². The van der Waals surface area contributed by atoms with Gasteiger partial charge in [0.25, 0.3) is 0 Å². The Kier molecular flexibility index (Phi) is 5.78. The number of urea groups is 1. The highest BCUT2D eigenvalue weighted by atomic mass is 16.4. The van der Waals surface area contributed by atoms with Gasteiger partial charge in [0.05, 0.1) is 0 Å². The molecule has 6 heteroatoms. The summed E-state index contributed by atoms with van der Waals surface area (Å²) >= 11 is 0. The minimum Gasteiger partial charge on any atom is -0.480 e. The first-order valence-electron chi connectivity index (χ1n) is 6.19. The largest absolute Gasteiger partial charge is 0.480 e. The van der Waals surface area contributed by atoms with Crippen molar-refractivity contribution in [2.45, 2.75) is 25.8 Å². The maximum absolute atomic E-state index is 11.8. The second kappa shape index (κ2) is 7.35. The fourth-order valence-corrected chi connectivity index (χ4v) is 1.53. The van der Waals surface area contributed by atoms with Crippen LogP contribution in [0.25, 0.3) is 0 Å². The zero-order valence-electron chi connectivity index (χ0n) is 11.2. The average molecular weight is 265 g/mol. The molecule has 2 amide bonds. The van der Waals surface area contributed by atoms with E-state index in [0.29, 0.717) is 19.4 Å². The number of likely N-dealkylation sites (N-methyl/N-ethyl adjacent to an activating group) is 1. The summed E-state index contributed by atoms with van der Waals surface area (Å²) in [7, 11) is 1.63. The fraction of sp³-hybridized carbons (Fsp3) is 0.462. The summed E-state index contributed by atoms with van der Waals surface area (Å²) in [5, 5.41) is 11.3.